The summed E-state index contributed by atoms with van der Waals surface area (Å²) in [4.78, 5) is 20.9. The minimum absolute atomic E-state index is 0.251. The van der Waals surface area contributed by atoms with Crippen molar-refractivity contribution in [3.05, 3.63) is 59.1 Å². The summed E-state index contributed by atoms with van der Waals surface area (Å²) >= 11 is 1.63. The molecule has 0 amide bonds. The molecule has 6 nitrogen and oxygen atoms in total. The quantitative estimate of drug-likeness (QED) is 0.377. The number of ether oxygens (including phenoxy) is 1. The van der Waals surface area contributed by atoms with E-state index in [4.69, 9.17) is 14.7 Å². The molecule has 156 valence electrons. The lowest BCUT2D eigenvalue weighted by atomic mass is 9.83. The first-order valence-electron chi connectivity index (χ1n) is 10.2. The maximum absolute atomic E-state index is 10.7. The van der Waals surface area contributed by atoms with Crippen molar-refractivity contribution in [2.75, 3.05) is 0 Å². The Morgan fingerprint density at radius 3 is 2.67 bits per heavy atom. The molecule has 1 saturated carbocycles. The van der Waals surface area contributed by atoms with E-state index < -0.39 is 5.97 Å². The third-order valence-electron chi connectivity index (χ3n) is 5.32. The largest absolute Gasteiger partial charge is 0.486 e. The molecule has 7 heteroatoms. The van der Waals surface area contributed by atoms with Crippen LogP contribution in [0.3, 0.4) is 0 Å². The van der Waals surface area contributed by atoms with Gasteiger partial charge in [0.15, 0.2) is 12.3 Å². The van der Waals surface area contributed by atoms with Crippen LogP contribution in [0.15, 0.2) is 53.7 Å². The normalized spacial score (nSPS) is 16.0. The number of nitrogens with zero attached hydrogens (tertiary/aromatic N) is 2. The second kappa shape index (κ2) is 9.71. The van der Waals surface area contributed by atoms with Crippen molar-refractivity contribution in [1.82, 2.24) is 4.98 Å². The number of carbonyl (C=O) groups is 1. The molecule has 1 aliphatic carbocycles. The summed E-state index contributed by atoms with van der Waals surface area (Å²) < 4.78 is 7.07. The summed E-state index contributed by atoms with van der Waals surface area (Å²) in [6.45, 7) is 0.421. The third-order valence-corrected chi connectivity index (χ3v) is 6.33. The molecule has 1 N–H and O–H groups in total. The monoisotopic (exact) mass is 424 g/mol. The number of fused-ring (bicyclic) bond motifs is 1. The number of para-hydroxylation sites is 1. The molecular formula is C23H24N2O4S. The van der Waals surface area contributed by atoms with Crippen LogP contribution in [-0.4, -0.2) is 22.3 Å². The number of benzene rings is 2. The van der Waals surface area contributed by atoms with Gasteiger partial charge in [0.25, 0.3) is 0 Å². The lowest BCUT2D eigenvalue weighted by Crippen LogP contribution is -2.18. The van der Waals surface area contributed by atoms with Gasteiger partial charge in [0.1, 0.15) is 17.4 Å². The Morgan fingerprint density at radius 1 is 1.17 bits per heavy atom. The Balaban J connectivity index is 1.42. The molecule has 2 aromatic carbocycles. The first-order valence-corrected chi connectivity index (χ1v) is 11.0. The van der Waals surface area contributed by atoms with Crippen LogP contribution < -0.4 is 4.74 Å². The van der Waals surface area contributed by atoms with Gasteiger partial charge in [0, 0.05) is 5.92 Å². The molecule has 3 aromatic rings. The Labute approximate surface area is 179 Å². The highest BCUT2D eigenvalue weighted by atomic mass is 32.1. The topological polar surface area (TPSA) is 81.0 Å². The van der Waals surface area contributed by atoms with Crippen LogP contribution in [0.5, 0.6) is 5.75 Å². The minimum atomic E-state index is -1.11. The predicted molar refractivity (Wildman–Crippen MR) is 117 cm³/mol. The van der Waals surface area contributed by atoms with E-state index in [1.165, 1.54) is 6.42 Å². The molecule has 4 rings (SSSR count). The number of thiazole rings is 1. The SMILES string of the molecule is O=C(O)/C=N/OC(c1ccc(OCc2nc3ccccc3s2)cc1)C1CCCCC1. The Morgan fingerprint density at radius 2 is 1.93 bits per heavy atom. The molecule has 0 bridgehead atoms. The summed E-state index contributed by atoms with van der Waals surface area (Å²) in [5, 5.41) is 13.4. The van der Waals surface area contributed by atoms with Crippen LogP contribution in [0.4, 0.5) is 0 Å². The maximum Gasteiger partial charge on any atom is 0.350 e. The van der Waals surface area contributed by atoms with Crippen molar-refractivity contribution in [3.63, 3.8) is 0 Å². The van der Waals surface area contributed by atoms with Crippen LogP contribution >= 0.6 is 11.3 Å². The average molecular weight is 425 g/mol. The van der Waals surface area contributed by atoms with E-state index in [2.05, 4.69) is 16.2 Å². The second-order valence-electron chi connectivity index (χ2n) is 7.43. The first kappa shape index (κ1) is 20.3. The van der Waals surface area contributed by atoms with E-state index in [1.54, 1.807) is 11.3 Å². The zero-order valence-electron chi connectivity index (χ0n) is 16.6. The van der Waals surface area contributed by atoms with Crippen molar-refractivity contribution in [2.45, 2.75) is 44.8 Å². The molecule has 1 aliphatic rings. The molecule has 0 aliphatic heterocycles. The summed E-state index contributed by atoms with van der Waals surface area (Å²) in [6, 6.07) is 15.8. The zero-order valence-corrected chi connectivity index (χ0v) is 17.4. The van der Waals surface area contributed by atoms with Gasteiger partial charge in [-0.25, -0.2) is 9.78 Å². The molecule has 0 saturated heterocycles. The Hall–Kier alpha value is -2.93. The number of aromatic nitrogens is 1. The fourth-order valence-corrected chi connectivity index (χ4v) is 4.76. The Bertz CT molecular complexity index is 976. The van der Waals surface area contributed by atoms with Crippen molar-refractivity contribution in [1.29, 1.82) is 0 Å². The first-order chi connectivity index (χ1) is 14.7. The number of aliphatic carboxylic acids is 1. The zero-order chi connectivity index (χ0) is 20.8. The van der Waals surface area contributed by atoms with Crippen LogP contribution in [0.25, 0.3) is 10.2 Å². The van der Waals surface area contributed by atoms with E-state index in [-0.39, 0.29) is 6.10 Å². The van der Waals surface area contributed by atoms with Crippen LogP contribution in [0, 0.1) is 5.92 Å². The predicted octanol–water partition coefficient (Wildman–Crippen LogP) is 5.58. The van der Waals surface area contributed by atoms with E-state index in [0.717, 1.165) is 58.4 Å². The molecular weight excluding hydrogens is 400 g/mol. The number of hydrogen-bond donors (Lipinski definition) is 1. The number of hydrogen-bond acceptors (Lipinski definition) is 6. The molecule has 0 radical (unpaired) electrons. The van der Waals surface area contributed by atoms with Gasteiger partial charge in [-0.05, 0) is 42.7 Å². The van der Waals surface area contributed by atoms with Crippen LogP contribution in [-0.2, 0) is 16.2 Å². The van der Waals surface area contributed by atoms with Crippen molar-refractivity contribution < 1.29 is 19.5 Å². The molecule has 0 spiro atoms. The van der Waals surface area contributed by atoms with E-state index >= 15 is 0 Å². The smallest absolute Gasteiger partial charge is 0.350 e. The molecule has 1 heterocycles. The van der Waals surface area contributed by atoms with E-state index in [1.807, 2.05) is 42.5 Å². The lowest BCUT2D eigenvalue weighted by molar-refractivity contribution is -0.129. The van der Waals surface area contributed by atoms with E-state index in [9.17, 15) is 4.79 Å². The Kier molecular flexibility index (Phi) is 6.59. The fraction of sp³-hybridized carbons (Fsp3) is 0.348. The number of carboxylic acid groups (broad SMARTS) is 1. The molecule has 1 atom stereocenters. The second-order valence-corrected chi connectivity index (χ2v) is 8.55. The van der Waals surface area contributed by atoms with Crippen molar-refractivity contribution >= 4 is 33.7 Å². The standard InChI is InChI=1S/C23H24N2O4S/c26-22(27)14-24-29-23(16-6-2-1-3-7-16)17-10-12-18(13-11-17)28-15-21-25-19-8-4-5-9-20(19)30-21/h4-5,8-14,16,23H,1-3,6-7,15H2,(H,26,27)/b24-14+. The highest BCUT2D eigenvalue weighted by molar-refractivity contribution is 7.18. The number of oxime groups is 1. The summed E-state index contributed by atoms with van der Waals surface area (Å²) in [5.74, 6) is -0.0235. The average Bonchev–Trinajstić information content (AvgIpc) is 3.19. The fourth-order valence-electron chi connectivity index (χ4n) is 3.88. The van der Waals surface area contributed by atoms with Crippen molar-refractivity contribution in [2.24, 2.45) is 11.1 Å². The van der Waals surface area contributed by atoms with Gasteiger partial charge in [0.05, 0.1) is 10.2 Å². The van der Waals surface area contributed by atoms with Gasteiger partial charge in [-0.2, -0.15) is 0 Å². The summed E-state index contributed by atoms with van der Waals surface area (Å²) in [5.41, 5.74) is 1.97. The van der Waals surface area contributed by atoms with E-state index in [0.29, 0.717) is 12.5 Å². The molecule has 1 aromatic heterocycles. The lowest BCUT2D eigenvalue weighted by Gasteiger charge is -2.28. The van der Waals surface area contributed by atoms with Gasteiger partial charge in [-0.3, -0.25) is 0 Å². The summed E-state index contributed by atoms with van der Waals surface area (Å²) in [6.07, 6.45) is 6.23. The molecule has 1 unspecified atom stereocenters. The van der Waals surface area contributed by atoms with Crippen molar-refractivity contribution in [3.8, 4) is 5.75 Å². The number of rotatable bonds is 8. The highest BCUT2D eigenvalue weighted by Gasteiger charge is 2.27. The molecule has 30 heavy (non-hydrogen) atoms. The van der Waals surface area contributed by atoms with Crippen LogP contribution in [0.2, 0.25) is 0 Å². The van der Waals surface area contributed by atoms with Crippen LogP contribution in [0.1, 0.15) is 48.8 Å². The third kappa shape index (κ3) is 5.16. The van der Waals surface area contributed by atoms with Gasteiger partial charge >= 0.3 is 5.97 Å². The molecule has 1 fully saturated rings. The summed E-state index contributed by atoms with van der Waals surface area (Å²) in [7, 11) is 0. The number of carboxylic acids is 1. The van der Waals surface area contributed by atoms with Gasteiger partial charge < -0.3 is 14.7 Å². The minimum Gasteiger partial charge on any atom is -0.486 e. The maximum atomic E-state index is 10.7. The van der Waals surface area contributed by atoms with Gasteiger partial charge in [-0.15, -0.1) is 11.3 Å². The van der Waals surface area contributed by atoms with Gasteiger partial charge in [-0.1, -0.05) is 48.7 Å². The highest BCUT2D eigenvalue weighted by Crippen LogP contribution is 2.37. The van der Waals surface area contributed by atoms with Gasteiger partial charge in [0.2, 0.25) is 0 Å².